The number of likely N-dealkylation sites (tertiary alicyclic amines) is 2. The maximum absolute atomic E-state index is 14.5. The zero-order valence-corrected chi connectivity index (χ0v) is 16.1. The number of halogens is 1. The third-order valence-electron chi connectivity index (χ3n) is 5.78. The highest BCUT2D eigenvalue weighted by molar-refractivity contribution is 5.85. The number of carbonyl (C=O) groups is 2. The normalized spacial score (nSPS) is 24.1. The molecule has 5 nitrogen and oxygen atoms in total. The summed E-state index contributed by atoms with van der Waals surface area (Å²) in [7, 11) is 0. The summed E-state index contributed by atoms with van der Waals surface area (Å²) in [6.45, 7) is 5.97. The molecule has 2 aliphatic rings. The Hall–Kier alpha value is -1.95. The van der Waals surface area contributed by atoms with Crippen LogP contribution in [0.2, 0.25) is 0 Å². The van der Waals surface area contributed by atoms with E-state index in [1.165, 1.54) is 25.3 Å². The van der Waals surface area contributed by atoms with Crippen molar-refractivity contribution in [1.29, 1.82) is 0 Å². The van der Waals surface area contributed by atoms with E-state index < -0.39 is 12.0 Å². The largest absolute Gasteiger partial charge is 0.354 e. The Kier molecular flexibility index (Phi) is 6.83. The fourth-order valence-corrected chi connectivity index (χ4v) is 4.35. The Morgan fingerprint density at radius 1 is 1.22 bits per heavy atom. The number of benzene rings is 1. The first kappa shape index (κ1) is 19.8. The van der Waals surface area contributed by atoms with Crippen molar-refractivity contribution in [3.63, 3.8) is 0 Å². The van der Waals surface area contributed by atoms with Crippen molar-refractivity contribution < 1.29 is 14.0 Å². The molecule has 1 N–H and O–H groups in total. The fraction of sp³-hybridized carbons (Fsp3) is 0.619. The highest BCUT2D eigenvalue weighted by Gasteiger charge is 2.40. The van der Waals surface area contributed by atoms with Gasteiger partial charge in [0.25, 0.3) is 0 Å². The van der Waals surface area contributed by atoms with Gasteiger partial charge in [-0.2, -0.15) is 0 Å². The summed E-state index contributed by atoms with van der Waals surface area (Å²) in [5, 5.41) is 3.04. The molecule has 0 bridgehead atoms. The van der Waals surface area contributed by atoms with Crippen molar-refractivity contribution >= 4 is 11.8 Å². The molecule has 148 valence electrons. The van der Waals surface area contributed by atoms with Crippen molar-refractivity contribution in [2.45, 2.75) is 45.1 Å². The molecule has 0 unspecified atom stereocenters. The van der Waals surface area contributed by atoms with Crippen LogP contribution in [0.25, 0.3) is 0 Å². The van der Waals surface area contributed by atoms with Crippen LogP contribution in [0.1, 0.15) is 50.6 Å². The number of hydrogen-bond donors (Lipinski definition) is 1. The summed E-state index contributed by atoms with van der Waals surface area (Å²) < 4.78 is 14.5. The number of carbonyl (C=O) groups excluding carboxylic acids is 2. The quantitative estimate of drug-likeness (QED) is 0.832. The Morgan fingerprint density at radius 3 is 2.67 bits per heavy atom. The summed E-state index contributed by atoms with van der Waals surface area (Å²) in [5.41, 5.74) is 0.434. The second kappa shape index (κ2) is 9.31. The average Bonchev–Trinajstić information content (AvgIpc) is 2.69. The fourth-order valence-electron chi connectivity index (χ4n) is 4.35. The molecule has 0 radical (unpaired) electrons. The maximum Gasteiger partial charge on any atom is 0.225 e. The first-order valence-corrected chi connectivity index (χ1v) is 10.2. The molecule has 27 heavy (non-hydrogen) atoms. The van der Waals surface area contributed by atoms with Gasteiger partial charge in [-0.15, -0.1) is 0 Å². The molecule has 1 aromatic carbocycles. The van der Waals surface area contributed by atoms with Crippen LogP contribution in [0.15, 0.2) is 24.3 Å². The molecule has 2 saturated heterocycles. The molecule has 2 amide bonds. The molecule has 0 aromatic heterocycles. The van der Waals surface area contributed by atoms with Gasteiger partial charge in [0, 0.05) is 31.6 Å². The number of piperidine rings is 2. The highest BCUT2D eigenvalue weighted by atomic mass is 19.1. The maximum atomic E-state index is 14.5. The zero-order chi connectivity index (χ0) is 19.2. The van der Waals surface area contributed by atoms with E-state index in [1.807, 2.05) is 6.92 Å². The van der Waals surface area contributed by atoms with Gasteiger partial charge in [-0.05, 0) is 45.3 Å². The summed E-state index contributed by atoms with van der Waals surface area (Å²) in [6, 6.07) is 5.94. The van der Waals surface area contributed by atoms with E-state index in [9.17, 15) is 14.0 Å². The van der Waals surface area contributed by atoms with E-state index >= 15 is 0 Å². The second-order valence-electron chi connectivity index (χ2n) is 7.48. The summed E-state index contributed by atoms with van der Waals surface area (Å²) in [6.07, 6.45) is 4.53. The zero-order valence-electron chi connectivity index (χ0n) is 16.1. The van der Waals surface area contributed by atoms with E-state index in [-0.39, 0.29) is 17.6 Å². The Balaban J connectivity index is 1.69. The third-order valence-corrected chi connectivity index (χ3v) is 5.78. The van der Waals surface area contributed by atoms with Gasteiger partial charge in [-0.25, -0.2) is 4.39 Å². The Morgan fingerprint density at radius 2 is 1.96 bits per heavy atom. The molecular formula is C21H30FN3O2. The van der Waals surface area contributed by atoms with Gasteiger partial charge in [0.2, 0.25) is 11.8 Å². The minimum Gasteiger partial charge on any atom is -0.354 e. The number of nitrogens with zero attached hydrogens (tertiary/aromatic N) is 2. The molecule has 2 aliphatic heterocycles. The van der Waals surface area contributed by atoms with Crippen LogP contribution >= 0.6 is 0 Å². The molecular weight excluding hydrogens is 345 g/mol. The lowest BCUT2D eigenvalue weighted by Crippen LogP contribution is -2.49. The van der Waals surface area contributed by atoms with Crippen LogP contribution in [0, 0.1) is 11.7 Å². The Bertz CT molecular complexity index is 661. The van der Waals surface area contributed by atoms with Gasteiger partial charge in [0.15, 0.2) is 0 Å². The van der Waals surface area contributed by atoms with Crippen LogP contribution in [0.4, 0.5) is 4.39 Å². The molecule has 2 heterocycles. The standard InChI is InChI=1S/C21H30FN3O2/c1-2-25-19(26)11-10-17(20(25)16-8-4-5-9-18(16)22)21(27)23-12-15-24-13-6-3-7-14-24/h4-5,8-9,17,20H,2-3,6-7,10-15H2,1H3,(H,23,27)/t17-,20+/m1/s1. The molecule has 3 rings (SSSR count). The minimum atomic E-state index is -0.535. The van der Waals surface area contributed by atoms with E-state index in [1.54, 1.807) is 23.1 Å². The lowest BCUT2D eigenvalue weighted by molar-refractivity contribution is -0.143. The predicted octanol–water partition coefficient (Wildman–Crippen LogP) is 2.73. The Labute approximate surface area is 160 Å². The van der Waals surface area contributed by atoms with Gasteiger partial charge in [0.05, 0.1) is 12.0 Å². The van der Waals surface area contributed by atoms with Crippen molar-refractivity contribution in [3.8, 4) is 0 Å². The molecule has 6 heteroatoms. The van der Waals surface area contributed by atoms with Gasteiger partial charge >= 0.3 is 0 Å². The van der Waals surface area contributed by atoms with Crippen LogP contribution < -0.4 is 5.32 Å². The van der Waals surface area contributed by atoms with E-state index in [2.05, 4.69) is 10.2 Å². The lowest BCUT2D eigenvalue weighted by Gasteiger charge is -2.40. The topological polar surface area (TPSA) is 52.7 Å². The van der Waals surface area contributed by atoms with Crippen LogP contribution in [0.5, 0.6) is 0 Å². The summed E-state index contributed by atoms with van der Waals surface area (Å²) >= 11 is 0. The van der Waals surface area contributed by atoms with Gasteiger partial charge in [-0.1, -0.05) is 24.6 Å². The first-order valence-electron chi connectivity index (χ1n) is 10.2. The molecule has 2 atom stereocenters. The van der Waals surface area contributed by atoms with Gasteiger partial charge < -0.3 is 15.1 Å². The number of amides is 2. The van der Waals surface area contributed by atoms with Crippen LogP contribution in [-0.2, 0) is 9.59 Å². The third kappa shape index (κ3) is 4.67. The van der Waals surface area contributed by atoms with Gasteiger partial charge in [-0.3, -0.25) is 9.59 Å². The van der Waals surface area contributed by atoms with E-state index in [0.29, 0.717) is 31.5 Å². The summed E-state index contributed by atoms with van der Waals surface area (Å²) in [4.78, 5) is 29.3. The van der Waals surface area contributed by atoms with Crippen molar-refractivity contribution in [2.75, 3.05) is 32.7 Å². The highest BCUT2D eigenvalue weighted by Crippen LogP contribution is 2.37. The second-order valence-corrected chi connectivity index (χ2v) is 7.48. The smallest absolute Gasteiger partial charge is 0.225 e. The van der Waals surface area contributed by atoms with E-state index in [0.717, 1.165) is 19.6 Å². The lowest BCUT2D eigenvalue weighted by atomic mass is 9.83. The predicted molar refractivity (Wildman–Crippen MR) is 103 cm³/mol. The van der Waals surface area contributed by atoms with Crippen molar-refractivity contribution in [2.24, 2.45) is 5.92 Å². The number of hydrogen-bond acceptors (Lipinski definition) is 3. The number of nitrogens with one attached hydrogen (secondary N) is 1. The average molecular weight is 375 g/mol. The molecule has 0 spiro atoms. The van der Waals surface area contributed by atoms with Gasteiger partial charge in [0.1, 0.15) is 5.82 Å². The minimum absolute atomic E-state index is 0.0110. The van der Waals surface area contributed by atoms with E-state index in [4.69, 9.17) is 0 Å². The van der Waals surface area contributed by atoms with Crippen LogP contribution in [-0.4, -0.2) is 54.3 Å². The SMILES string of the molecule is CCN1C(=O)CC[C@@H](C(=O)NCCN2CCCCC2)[C@@H]1c1ccccc1F. The van der Waals surface area contributed by atoms with Crippen LogP contribution in [0.3, 0.4) is 0 Å². The number of rotatable bonds is 6. The first-order chi connectivity index (χ1) is 13.1. The molecule has 0 saturated carbocycles. The molecule has 2 fully saturated rings. The monoisotopic (exact) mass is 375 g/mol. The molecule has 0 aliphatic carbocycles. The summed E-state index contributed by atoms with van der Waals surface area (Å²) in [5.74, 6) is -0.864. The molecule has 1 aromatic rings. The van der Waals surface area contributed by atoms with Crippen molar-refractivity contribution in [3.05, 3.63) is 35.6 Å². The van der Waals surface area contributed by atoms with Crippen molar-refractivity contribution in [1.82, 2.24) is 15.1 Å².